The number of carbonyl (C=O) groups excluding carboxylic acids is 1. The summed E-state index contributed by atoms with van der Waals surface area (Å²) in [6.07, 6.45) is -1.88. The molecule has 4 heterocycles. The normalized spacial score (nSPS) is 17.9. The largest absolute Gasteiger partial charge is 0.417 e. The van der Waals surface area contributed by atoms with Crippen molar-refractivity contribution < 1.29 is 22.7 Å². The number of alkyl halides is 3. The van der Waals surface area contributed by atoms with Crippen LogP contribution in [0.5, 0.6) is 0 Å². The molecule has 160 valence electrons. The van der Waals surface area contributed by atoms with Crippen molar-refractivity contribution >= 4 is 17.5 Å². The monoisotopic (exact) mass is 421 g/mol. The second kappa shape index (κ2) is 8.47. The average molecular weight is 421 g/mol. The molecule has 0 saturated carbocycles. The summed E-state index contributed by atoms with van der Waals surface area (Å²) in [7, 11) is 0. The molecular formula is C20H22F3N5O2. The molecule has 30 heavy (non-hydrogen) atoms. The number of piperazine rings is 1. The van der Waals surface area contributed by atoms with Gasteiger partial charge in [0, 0.05) is 51.7 Å². The second-order valence-electron chi connectivity index (χ2n) is 7.16. The van der Waals surface area contributed by atoms with Gasteiger partial charge in [-0.3, -0.25) is 4.79 Å². The summed E-state index contributed by atoms with van der Waals surface area (Å²) in [5.41, 5.74) is -0.215. The highest BCUT2D eigenvalue weighted by molar-refractivity contribution is 5.99. The van der Waals surface area contributed by atoms with Gasteiger partial charge in [0.1, 0.15) is 11.6 Å². The zero-order valence-corrected chi connectivity index (χ0v) is 16.3. The molecule has 10 heteroatoms. The number of halogens is 3. The topological polar surface area (TPSA) is 61.8 Å². The minimum absolute atomic E-state index is 0.0929. The number of hydrogen-bond acceptors (Lipinski definition) is 6. The molecule has 0 aromatic carbocycles. The van der Waals surface area contributed by atoms with Crippen LogP contribution in [0.15, 0.2) is 36.7 Å². The molecule has 0 spiro atoms. The molecular weight excluding hydrogens is 399 g/mol. The first-order valence-electron chi connectivity index (χ1n) is 9.78. The van der Waals surface area contributed by atoms with E-state index in [4.69, 9.17) is 4.74 Å². The minimum atomic E-state index is -4.40. The summed E-state index contributed by atoms with van der Waals surface area (Å²) < 4.78 is 43.5. The highest BCUT2D eigenvalue weighted by atomic mass is 19.4. The van der Waals surface area contributed by atoms with Gasteiger partial charge in [0.25, 0.3) is 5.91 Å². The number of pyridine rings is 2. The van der Waals surface area contributed by atoms with Crippen LogP contribution in [0, 0.1) is 0 Å². The predicted octanol–water partition coefficient (Wildman–Crippen LogP) is 2.29. The van der Waals surface area contributed by atoms with Crippen molar-refractivity contribution in [2.45, 2.75) is 6.18 Å². The van der Waals surface area contributed by atoms with Gasteiger partial charge in [-0.1, -0.05) is 0 Å². The number of morpholine rings is 1. The molecule has 2 aliphatic rings. The molecule has 0 aliphatic carbocycles. The lowest BCUT2D eigenvalue weighted by Gasteiger charge is -2.36. The molecule has 1 amide bonds. The van der Waals surface area contributed by atoms with Gasteiger partial charge in [-0.15, -0.1) is 0 Å². The number of hydrogen-bond donors (Lipinski definition) is 0. The summed E-state index contributed by atoms with van der Waals surface area (Å²) in [5.74, 6) is 1.05. The molecule has 2 aliphatic heterocycles. The third kappa shape index (κ3) is 4.33. The summed E-state index contributed by atoms with van der Waals surface area (Å²) in [6, 6.07) is 5.94. The van der Waals surface area contributed by atoms with E-state index in [1.165, 1.54) is 6.07 Å². The number of nitrogens with zero attached hydrogens (tertiary/aromatic N) is 5. The first kappa shape index (κ1) is 20.4. The third-order valence-electron chi connectivity index (χ3n) is 5.29. The molecule has 4 rings (SSSR count). The van der Waals surface area contributed by atoms with Crippen molar-refractivity contribution in [2.75, 3.05) is 62.3 Å². The molecule has 2 saturated heterocycles. The lowest BCUT2D eigenvalue weighted by molar-refractivity contribution is -0.137. The lowest BCUT2D eigenvalue weighted by Crippen LogP contribution is -2.49. The summed E-state index contributed by atoms with van der Waals surface area (Å²) >= 11 is 0. The van der Waals surface area contributed by atoms with Gasteiger partial charge < -0.3 is 19.4 Å². The summed E-state index contributed by atoms with van der Waals surface area (Å²) in [6.45, 7) is 4.48. The van der Waals surface area contributed by atoms with Crippen LogP contribution in [0.4, 0.5) is 24.8 Å². The first-order chi connectivity index (χ1) is 14.4. The maximum atomic E-state index is 13.1. The molecule has 0 unspecified atom stereocenters. The van der Waals surface area contributed by atoms with Crippen LogP contribution in [-0.4, -0.2) is 73.3 Å². The van der Waals surface area contributed by atoms with E-state index in [0.717, 1.165) is 12.3 Å². The van der Waals surface area contributed by atoms with E-state index >= 15 is 0 Å². The standard InChI is InChI=1S/C20H22F3N5O2/c21-20(22,23)15-3-4-17(25-14-15)26-6-8-28(9-7-26)19(29)16-2-1-5-24-18(16)27-10-12-30-13-11-27/h1-5,14H,6-13H2. The molecule has 7 nitrogen and oxygen atoms in total. The highest BCUT2D eigenvalue weighted by Crippen LogP contribution is 2.29. The van der Waals surface area contributed by atoms with E-state index in [1.807, 2.05) is 4.90 Å². The molecule has 0 N–H and O–H groups in total. The lowest BCUT2D eigenvalue weighted by atomic mass is 10.1. The van der Waals surface area contributed by atoms with E-state index in [2.05, 4.69) is 14.9 Å². The van der Waals surface area contributed by atoms with Crippen LogP contribution in [0.3, 0.4) is 0 Å². The number of aromatic nitrogens is 2. The maximum absolute atomic E-state index is 13.1. The Bertz CT molecular complexity index is 877. The van der Waals surface area contributed by atoms with Gasteiger partial charge >= 0.3 is 6.18 Å². The van der Waals surface area contributed by atoms with Gasteiger partial charge in [0.05, 0.1) is 24.3 Å². The van der Waals surface area contributed by atoms with Gasteiger partial charge in [0.2, 0.25) is 0 Å². The van der Waals surface area contributed by atoms with Crippen molar-refractivity contribution in [3.8, 4) is 0 Å². The zero-order chi connectivity index (χ0) is 21.1. The fourth-order valence-corrected chi connectivity index (χ4v) is 3.64. The fourth-order valence-electron chi connectivity index (χ4n) is 3.64. The van der Waals surface area contributed by atoms with Crippen LogP contribution in [0.2, 0.25) is 0 Å². The van der Waals surface area contributed by atoms with Crippen LogP contribution < -0.4 is 9.80 Å². The number of ether oxygens (including phenoxy) is 1. The number of amides is 1. The second-order valence-corrected chi connectivity index (χ2v) is 7.16. The first-order valence-corrected chi connectivity index (χ1v) is 9.78. The SMILES string of the molecule is O=C(c1cccnc1N1CCOCC1)N1CCN(c2ccc(C(F)(F)F)cn2)CC1. The summed E-state index contributed by atoms with van der Waals surface area (Å²) in [5, 5.41) is 0. The van der Waals surface area contributed by atoms with Gasteiger partial charge in [-0.2, -0.15) is 13.2 Å². The Balaban J connectivity index is 1.42. The molecule has 0 atom stereocenters. The number of anilines is 2. The zero-order valence-electron chi connectivity index (χ0n) is 16.3. The smallest absolute Gasteiger partial charge is 0.378 e. The van der Waals surface area contributed by atoms with Crippen molar-refractivity contribution in [3.63, 3.8) is 0 Å². The van der Waals surface area contributed by atoms with Gasteiger partial charge in [-0.05, 0) is 24.3 Å². The van der Waals surface area contributed by atoms with Crippen molar-refractivity contribution in [1.29, 1.82) is 0 Å². The minimum Gasteiger partial charge on any atom is -0.378 e. The quantitative estimate of drug-likeness (QED) is 0.758. The van der Waals surface area contributed by atoms with Crippen LogP contribution in [-0.2, 0) is 10.9 Å². The van der Waals surface area contributed by atoms with Crippen molar-refractivity contribution in [1.82, 2.24) is 14.9 Å². The maximum Gasteiger partial charge on any atom is 0.417 e. The van der Waals surface area contributed by atoms with E-state index < -0.39 is 11.7 Å². The Morgan fingerprint density at radius 1 is 0.933 bits per heavy atom. The highest BCUT2D eigenvalue weighted by Gasteiger charge is 2.31. The van der Waals surface area contributed by atoms with Gasteiger partial charge in [0.15, 0.2) is 0 Å². The van der Waals surface area contributed by atoms with Crippen LogP contribution >= 0.6 is 0 Å². The van der Waals surface area contributed by atoms with Gasteiger partial charge in [-0.25, -0.2) is 9.97 Å². The van der Waals surface area contributed by atoms with E-state index in [1.54, 1.807) is 23.2 Å². The van der Waals surface area contributed by atoms with Crippen LogP contribution in [0.25, 0.3) is 0 Å². The Morgan fingerprint density at radius 3 is 2.30 bits per heavy atom. The summed E-state index contributed by atoms with van der Waals surface area (Å²) in [4.78, 5) is 27.2. The Kier molecular flexibility index (Phi) is 5.76. The Hall–Kier alpha value is -2.88. The molecule has 2 fully saturated rings. The predicted molar refractivity (Wildman–Crippen MR) is 105 cm³/mol. The van der Waals surface area contributed by atoms with E-state index in [0.29, 0.717) is 69.7 Å². The number of rotatable bonds is 3. The third-order valence-corrected chi connectivity index (χ3v) is 5.29. The van der Waals surface area contributed by atoms with Crippen LogP contribution in [0.1, 0.15) is 15.9 Å². The molecule has 0 radical (unpaired) electrons. The molecule has 2 aromatic rings. The Labute approximate surface area is 172 Å². The van der Waals surface area contributed by atoms with Crippen molar-refractivity contribution in [3.05, 3.63) is 47.8 Å². The Morgan fingerprint density at radius 2 is 1.67 bits per heavy atom. The van der Waals surface area contributed by atoms with Crippen molar-refractivity contribution in [2.24, 2.45) is 0 Å². The van der Waals surface area contributed by atoms with E-state index in [9.17, 15) is 18.0 Å². The molecule has 2 aromatic heterocycles. The van der Waals surface area contributed by atoms with E-state index in [-0.39, 0.29) is 5.91 Å². The average Bonchev–Trinajstić information content (AvgIpc) is 2.79. The molecule has 0 bridgehead atoms. The number of carbonyl (C=O) groups is 1. The fraction of sp³-hybridized carbons (Fsp3) is 0.450.